The van der Waals surface area contributed by atoms with Crippen molar-refractivity contribution in [1.82, 2.24) is 4.98 Å². The predicted octanol–water partition coefficient (Wildman–Crippen LogP) is 6.18. The Morgan fingerprint density at radius 3 is 2.56 bits per heavy atom. The molecule has 0 spiro atoms. The molecule has 4 atom stereocenters. The summed E-state index contributed by atoms with van der Waals surface area (Å²) >= 11 is 0. The summed E-state index contributed by atoms with van der Waals surface area (Å²) in [6.07, 6.45) is -4.27. The minimum Gasteiger partial charge on any atom is -0.365 e. The number of carbonyl (C=O) groups is 1. The number of pyridine rings is 1. The van der Waals surface area contributed by atoms with Crippen LogP contribution in [0.1, 0.15) is 52.0 Å². The summed E-state index contributed by atoms with van der Waals surface area (Å²) in [5.41, 5.74) is 3.60. The number of rotatable bonds is 7. The number of ether oxygens (including phenoxy) is 1. The van der Waals surface area contributed by atoms with E-state index in [2.05, 4.69) is 10.3 Å². The van der Waals surface area contributed by atoms with Crippen molar-refractivity contribution in [3.05, 3.63) is 94.8 Å². The monoisotopic (exact) mass is 588 g/mol. The smallest absolute Gasteiger partial charge is 0.365 e. The molecule has 0 bridgehead atoms. The number of amides is 1. The van der Waals surface area contributed by atoms with Crippen LogP contribution in [0, 0.1) is 18.8 Å². The van der Waals surface area contributed by atoms with Crippen molar-refractivity contribution in [2.45, 2.75) is 56.7 Å². The zero-order valence-corrected chi connectivity index (χ0v) is 23.4. The number of anilines is 1. The quantitative estimate of drug-likeness (QED) is 0.285. The summed E-state index contributed by atoms with van der Waals surface area (Å²) in [4.78, 5) is 36.2. The van der Waals surface area contributed by atoms with Crippen molar-refractivity contribution >= 4 is 19.2 Å². The molecule has 0 radical (unpaired) electrons. The van der Waals surface area contributed by atoms with Gasteiger partial charge < -0.3 is 19.8 Å². The first-order chi connectivity index (χ1) is 19.4. The van der Waals surface area contributed by atoms with Crippen molar-refractivity contribution < 1.29 is 37.1 Å². The minimum absolute atomic E-state index is 0.222. The number of hydrogen-bond donors (Lipinski definition) is 3. The van der Waals surface area contributed by atoms with E-state index >= 15 is 0 Å². The van der Waals surface area contributed by atoms with E-state index < -0.39 is 43.5 Å². The third-order valence-corrected chi connectivity index (χ3v) is 8.99. The Hall–Kier alpha value is -3.04. The SMILES string of the molecule is Cc1ncccc1NC(=O)c1ccc2c(c1)CC[C@@H]1C(OCP(=O)(O)O)[C@@H](C(F)(F)F)CC[C@@]21Cc1ccccc1. The van der Waals surface area contributed by atoms with Crippen LogP contribution in [-0.4, -0.2) is 39.3 Å². The number of aromatic nitrogens is 1. The molecule has 7 nitrogen and oxygen atoms in total. The molecular weight excluding hydrogens is 556 g/mol. The lowest BCUT2D eigenvalue weighted by molar-refractivity contribution is -0.232. The Morgan fingerprint density at radius 2 is 1.88 bits per heavy atom. The average Bonchev–Trinajstić information content (AvgIpc) is 2.92. The fraction of sp³-hybridized carbons (Fsp3) is 0.400. The van der Waals surface area contributed by atoms with Crippen LogP contribution in [-0.2, 0) is 27.6 Å². The number of nitrogens with one attached hydrogen (secondary N) is 1. The lowest BCUT2D eigenvalue weighted by atomic mass is 9.52. The first-order valence-corrected chi connectivity index (χ1v) is 15.3. The molecule has 1 heterocycles. The molecule has 1 aromatic heterocycles. The Morgan fingerprint density at radius 1 is 1.12 bits per heavy atom. The van der Waals surface area contributed by atoms with Crippen LogP contribution in [0.25, 0.3) is 0 Å². The van der Waals surface area contributed by atoms with Crippen LogP contribution >= 0.6 is 7.60 Å². The summed E-state index contributed by atoms with van der Waals surface area (Å²) in [7, 11) is -4.70. The molecule has 3 N–H and O–H groups in total. The van der Waals surface area contributed by atoms with Crippen LogP contribution in [0.3, 0.4) is 0 Å². The number of aryl methyl sites for hydroxylation is 2. The van der Waals surface area contributed by atoms with Crippen molar-refractivity contribution in [2.24, 2.45) is 11.8 Å². The van der Waals surface area contributed by atoms with Gasteiger partial charge >= 0.3 is 13.8 Å². The number of alkyl halides is 3. The molecule has 1 unspecified atom stereocenters. The largest absolute Gasteiger partial charge is 0.394 e. The molecule has 1 amide bonds. The number of nitrogens with zero attached hydrogens (tertiary/aromatic N) is 1. The summed E-state index contributed by atoms with van der Waals surface area (Å²) in [5.74, 6) is -2.79. The fourth-order valence-corrected chi connectivity index (χ4v) is 7.09. The highest BCUT2D eigenvalue weighted by atomic mass is 31.2. The maximum atomic E-state index is 14.2. The van der Waals surface area contributed by atoms with E-state index in [4.69, 9.17) is 4.74 Å². The zero-order chi connectivity index (χ0) is 29.4. The van der Waals surface area contributed by atoms with Gasteiger partial charge in [-0.3, -0.25) is 14.3 Å². The predicted molar refractivity (Wildman–Crippen MR) is 148 cm³/mol. The normalized spacial score (nSPS) is 24.3. The van der Waals surface area contributed by atoms with Crippen molar-refractivity contribution in [2.75, 3.05) is 11.7 Å². The molecule has 2 aliphatic carbocycles. The van der Waals surface area contributed by atoms with Gasteiger partial charge in [0, 0.05) is 17.2 Å². The lowest BCUT2D eigenvalue weighted by Crippen LogP contribution is -2.56. The minimum atomic E-state index is -4.70. The topological polar surface area (TPSA) is 109 Å². The van der Waals surface area contributed by atoms with E-state index in [1.807, 2.05) is 36.4 Å². The molecule has 3 aromatic rings. The Kier molecular flexibility index (Phi) is 8.14. The van der Waals surface area contributed by atoms with Gasteiger partial charge in [0.15, 0.2) is 0 Å². The van der Waals surface area contributed by atoms with Crippen LogP contribution in [0.2, 0.25) is 0 Å². The van der Waals surface area contributed by atoms with Gasteiger partial charge in [0.05, 0.1) is 23.4 Å². The van der Waals surface area contributed by atoms with E-state index in [1.165, 1.54) is 0 Å². The van der Waals surface area contributed by atoms with Gasteiger partial charge in [0.25, 0.3) is 5.91 Å². The second-order valence-corrected chi connectivity index (χ2v) is 12.6. The maximum Gasteiger partial charge on any atom is 0.394 e. The molecule has 0 saturated heterocycles. The number of hydrogen-bond acceptors (Lipinski definition) is 4. The molecule has 1 fully saturated rings. The van der Waals surface area contributed by atoms with Gasteiger partial charge in [-0.1, -0.05) is 36.4 Å². The van der Waals surface area contributed by atoms with Gasteiger partial charge in [-0.15, -0.1) is 0 Å². The number of carbonyl (C=O) groups excluding carboxylic acids is 1. The molecule has 2 aromatic carbocycles. The zero-order valence-electron chi connectivity index (χ0n) is 22.5. The van der Waals surface area contributed by atoms with Crippen molar-refractivity contribution in [1.29, 1.82) is 0 Å². The van der Waals surface area contributed by atoms with Gasteiger partial charge in [-0.2, -0.15) is 13.2 Å². The highest BCUT2D eigenvalue weighted by Crippen LogP contribution is 2.57. The molecule has 11 heteroatoms. The second kappa shape index (κ2) is 11.3. The molecule has 0 aliphatic heterocycles. The Labute approximate surface area is 236 Å². The second-order valence-electron chi connectivity index (χ2n) is 11.0. The van der Waals surface area contributed by atoms with E-state index in [1.54, 1.807) is 37.4 Å². The molecule has 218 valence electrons. The first-order valence-electron chi connectivity index (χ1n) is 13.5. The van der Waals surface area contributed by atoms with Gasteiger partial charge in [0.2, 0.25) is 0 Å². The summed E-state index contributed by atoms with van der Waals surface area (Å²) in [5, 5.41) is 2.88. The summed E-state index contributed by atoms with van der Waals surface area (Å²) in [6.45, 7) is 1.79. The first kappa shape index (κ1) is 29.5. The van der Waals surface area contributed by atoms with Gasteiger partial charge in [-0.25, -0.2) is 0 Å². The lowest BCUT2D eigenvalue weighted by Gasteiger charge is -2.54. The Balaban J connectivity index is 1.55. The average molecular weight is 589 g/mol. The summed E-state index contributed by atoms with van der Waals surface area (Å²) in [6, 6.07) is 18.3. The Bertz CT molecular complexity index is 1460. The maximum absolute atomic E-state index is 14.2. The van der Waals surface area contributed by atoms with E-state index in [9.17, 15) is 32.3 Å². The van der Waals surface area contributed by atoms with Gasteiger partial charge in [-0.05, 0) is 85.9 Å². The standard InChI is InChI=1S/C30H32F3N2O5P/c1-19-26(8-5-15-34-19)35-28(36)22-10-11-23-21(16-22)9-12-24-27(40-18-41(37,38)39)25(30(31,32)33)13-14-29(23,24)17-20-6-3-2-4-7-20/h2-8,10-11,15-16,24-25,27H,9,12-14,17-18H2,1H3,(H,35,36)(H2,37,38,39)/t24-,25+,27?,29-/m1/s1. The van der Waals surface area contributed by atoms with E-state index in [0.717, 1.165) is 16.7 Å². The molecular formula is C30H32F3N2O5P. The van der Waals surface area contributed by atoms with Crippen LogP contribution in [0.4, 0.5) is 18.9 Å². The van der Waals surface area contributed by atoms with E-state index in [-0.39, 0.29) is 18.7 Å². The van der Waals surface area contributed by atoms with Crippen LogP contribution < -0.4 is 5.32 Å². The van der Waals surface area contributed by atoms with Gasteiger partial charge in [0.1, 0.15) is 6.35 Å². The highest BCUT2D eigenvalue weighted by molar-refractivity contribution is 7.51. The van der Waals surface area contributed by atoms with Crippen LogP contribution in [0.15, 0.2) is 66.9 Å². The number of fused-ring (bicyclic) bond motifs is 3. The third kappa shape index (κ3) is 6.26. The molecule has 2 aliphatic rings. The molecule has 41 heavy (non-hydrogen) atoms. The third-order valence-electron chi connectivity index (χ3n) is 8.51. The number of benzene rings is 2. The summed E-state index contributed by atoms with van der Waals surface area (Å²) < 4.78 is 59.9. The fourth-order valence-electron chi connectivity index (χ4n) is 6.72. The highest BCUT2D eigenvalue weighted by Gasteiger charge is 2.59. The van der Waals surface area contributed by atoms with Crippen molar-refractivity contribution in [3.63, 3.8) is 0 Å². The number of halogens is 3. The van der Waals surface area contributed by atoms with Crippen molar-refractivity contribution in [3.8, 4) is 0 Å². The molecule has 5 rings (SSSR count). The molecule has 1 saturated carbocycles. The van der Waals surface area contributed by atoms with Crippen LogP contribution in [0.5, 0.6) is 0 Å². The van der Waals surface area contributed by atoms with E-state index in [0.29, 0.717) is 36.2 Å².